The number of rotatable bonds is 6. The van der Waals surface area contributed by atoms with Crippen LogP contribution in [0.25, 0.3) is 0 Å². The summed E-state index contributed by atoms with van der Waals surface area (Å²) in [6.07, 6.45) is -3.19. The van der Waals surface area contributed by atoms with Crippen LogP contribution in [0.15, 0.2) is 36.5 Å². The van der Waals surface area contributed by atoms with E-state index in [4.69, 9.17) is 4.74 Å². The molecule has 1 aromatic heterocycles. The van der Waals surface area contributed by atoms with Gasteiger partial charge >= 0.3 is 6.18 Å². The number of hydrogen-bond donors (Lipinski definition) is 1. The van der Waals surface area contributed by atoms with Crippen molar-refractivity contribution in [1.82, 2.24) is 15.2 Å². The van der Waals surface area contributed by atoms with Gasteiger partial charge in [-0.1, -0.05) is 12.1 Å². The fourth-order valence-corrected chi connectivity index (χ4v) is 3.13. The van der Waals surface area contributed by atoms with Crippen LogP contribution in [-0.2, 0) is 24.1 Å². The van der Waals surface area contributed by atoms with Crippen LogP contribution < -0.4 is 10.1 Å². The van der Waals surface area contributed by atoms with Crippen molar-refractivity contribution in [1.29, 1.82) is 0 Å². The molecule has 5 nitrogen and oxygen atoms in total. The van der Waals surface area contributed by atoms with Crippen molar-refractivity contribution in [2.24, 2.45) is 5.92 Å². The maximum atomic E-state index is 13.0. The predicted molar refractivity (Wildman–Crippen MR) is 97.6 cm³/mol. The zero-order chi connectivity index (χ0) is 20.3. The Balaban J connectivity index is 1.52. The minimum atomic E-state index is -4.41. The smallest absolute Gasteiger partial charge is 0.416 e. The van der Waals surface area contributed by atoms with E-state index in [0.29, 0.717) is 5.75 Å². The molecule has 0 unspecified atom stereocenters. The maximum Gasteiger partial charge on any atom is 0.416 e. The Labute approximate surface area is 161 Å². The Kier molecular flexibility index (Phi) is 5.88. The van der Waals surface area contributed by atoms with Crippen LogP contribution in [0.2, 0.25) is 0 Å². The molecule has 2 heterocycles. The molecule has 150 valence electrons. The molecule has 28 heavy (non-hydrogen) atoms. The van der Waals surface area contributed by atoms with Gasteiger partial charge in [-0.05, 0) is 36.2 Å². The minimum absolute atomic E-state index is 0.0390. The van der Waals surface area contributed by atoms with E-state index >= 15 is 0 Å². The van der Waals surface area contributed by atoms with Crippen LogP contribution >= 0.6 is 0 Å². The maximum absolute atomic E-state index is 13.0. The van der Waals surface area contributed by atoms with Gasteiger partial charge in [0.15, 0.2) is 0 Å². The molecule has 0 aliphatic carbocycles. The Morgan fingerprint density at radius 3 is 2.57 bits per heavy atom. The van der Waals surface area contributed by atoms with Crippen LogP contribution in [0.3, 0.4) is 0 Å². The molecule has 3 rings (SSSR count). The number of nitrogens with one attached hydrogen (secondary N) is 1. The van der Waals surface area contributed by atoms with Crippen LogP contribution in [0.4, 0.5) is 13.2 Å². The molecule has 0 radical (unpaired) electrons. The third-order valence-electron chi connectivity index (χ3n) is 4.76. The Morgan fingerprint density at radius 1 is 1.29 bits per heavy atom. The van der Waals surface area contributed by atoms with Gasteiger partial charge in [-0.15, -0.1) is 0 Å². The van der Waals surface area contributed by atoms with Crippen molar-refractivity contribution < 1.29 is 22.7 Å². The number of alkyl halides is 3. The molecule has 1 aromatic carbocycles. The fourth-order valence-electron chi connectivity index (χ4n) is 3.13. The normalized spacial score (nSPS) is 15.2. The first-order chi connectivity index (χ1) is 13.3. The number of halogens is 3. The lowest BCUT2D eigenvalue weighted by Crippen LogP contribution is -2.52. The number of amides is 1. The van der Waals surface area contributed by atoms with Crippen molar-refractivity contribution >= 4 is 5.91 Å². The number of benzene rings is 1. The molecule has 1 saturated heterocycles. The standard InChI is InChI=1S/C20H22F3N3O2/c1-13-8-25-16(7-18(13)20(21,22)23)12-28-17-5-3-14(4-6-17)9-26-10-15(11-26)19(27)24-2/h3-8,15H,9-12H2,1-2H3,(H,24,27). The summed E-state index contributed by atoms with van der Waals surface area (Å²) in [5, 5.41) is 2.65. The van der Waals surface area contributed by atoms with Gasteiger partial charge in [-0.2, -0.15) is 13.2 Å². The van der Waals surface area contributed by atoms with E-state index in [2.05, 4.69) is 15.2 Å². The molecule has 1 aliphatic heterocycles. The summed E-state index contributed by atoms with van der Waals surface area (Å²) in [4.78, 5) is 17.7. The minimum Gasteiger partial charge on any atom is -0.487 e. The Bertz CT molecular complexity index is 832. The van der Waals surface area contributed by atoms with Crippen molar-refractivity contribution in [3.8, 4) is 5.75 Å². The van der Waals surface area contributed by atoms with E-state index < -0.39 is 11.7 Å². The molecule has 1 amide bonds. The van der Waals surface area contributed by atoms with E-state index in [9.17, 15) is 18.0 Å². The monoisotopic (exact) mass is 393 g/mol. The van der Waals surface area contributed by atoms with Gasteiger partial charge in [0.2, 0.25) is 5.91 Å². The number of ether oxygens (including phenoxy) is 1. The fraction of sp³-hybridized carbons (Fsp3) is 0.400. The quantitative estimate of drug-likeness (QED) is 0.819. The molecule has 1 N–H and O–H groups in total. The van der Waals surface area contributed by atoms with Gasteiger partial charge in [-0.25, -0.2) is 0 Å². The molecule has 1 aliphatic rings. The van der Waals surface area contributed by atoms with Crippen LogP contribution in [0.1, 0.15) is 22.4 Å². The van der Waals surface area contributed by atoms with Crippen LogP contribution in [0.5, 0.6) is 5.75 Å². The highest BCUT2D eigenvalue weighted by atomic mass is 19.4. The van der Waals surface area contributed by atoms with E-state index in [1.165, 1.54) is 13.1 Å². The summed E-state index contributed by atoms with van der Waals surface area (Å²) >= 11 is 0. The first-order valence-electron chi connectivity index (χ1n) is 8.94. The SMILES string of the molecule is CNC(=O)C1CN(Cc2ccc(OCc3cc(C(F)(F)F)c(C)cn3)cc2)C1. The second-order valence-corrected chi connectivity index (χ2v) is 6.93. The number of aryl methyl sites for hydroxylation is 1. The molecule has 0 atom stereocenters. The van der Waals surface area contributed by atoms with Gasteiger partial charge in [0.25, 0.3) is 0 Å². The molecule has 0 spiro atoms. The zero-order valence-corrected chi connectivity index (χ0v) is 15.7. The number of hydrogen-bond acceptors (Lipinski definition) is 4. The second-order valence-electron chi connectivity index (χ2n) is 6.93. The van der Waals surface area contributed by atoms with Gasteiger partial charge in [0.1, 0.15) is 12.4 Å². The number of likely N-dealkylation sites (tertiary alicyclic amines) is 1. The number of pyridine rings is 1. The molecular formula is C20H22F3N3O2. The highest BCUT2D eigenvalue weighted by molar-refractivity contribution is 5.79. The number of carbonyl (C=O) groups excluding carboxylic acids is 1. The third-order valence-corrected chi connectivity index (χ3v) is 4.76. The van der Waals surface area contributed by atoms with E-state index in [0.717, 1.165) is 31.3 Å². The number of carbonyl (C=O) groups is 1. The van der Waals surface area contributed by atoms with Gasteiger partial charge in [0.05, 0.1) is 17.2 Å². The summed E-state index contributed by atoms with van der Waals surface area (Å²) in [5.41, 5.74) is 0.699. The van der Waals surface area contributed by atoms with Crippen molar-refractivity contribution in [2.75, 3.05) is 20.1 Å². The summed E-state index contributed by atoms with van der Waals surface area (Å²) in [6, 6.07) is 8.41. The number of aromatic nitrogens is 1. The van der Waals surface area contributed by atoms with E-state index in [-0.39, 0.29) is 29.7 Å². The topological polar surface area (TPSA) is 54.5 Å². The second kappa shape index (κ2) is 8.18. The first kappa shape index (κ1) is 20.1. The Hall–Kier alpha value is -2.61. The third kappa shape index (κ3) is 4.81. The average molecular weight is 393 g/mol. The zero-order valence-electron chi connectivity index (χ0n) is 15.7. The molecule has 1 fully saturated rings. The lowest BCUT2D eigenvalue weighted by Gasteiger charge is -2.38. The van der Waals surface area contributed by atoms with E-state index in [1.54, 1.807) is 19.2 Å². The molecule has 0 saturated carbocycles. The largest absolute Gasteiger partial charge is 0.487 e. The van der Waals surface area contributed by atoms with Crippen LogP contribution in [0, 0.1) is 12.8 Å². The lowest BCUT2D eigenvalue weighted by molar-refractivity contribution is -0.138. The van der Waals surface area contributed by atoms with Gasteiger partial charge < -0.3 is 10.1 Å². The molecule has 0 bridgehead atoms. The summed E-state index contributed by atoms with van der Waals surface area (Å²) in [5.74, 6) is 0.682. The Morgan fingerprint density at radius 2 is 1.96 bits per heavy atom. The van der Waals surface area contributed by atoms with Gasteiger partial charge in [-0.3, -0.25) is 14.7 Å². The van der Waals surface area contributed by atoms with Gasteiger partial charge in [0, 0.05) is 32.9 Å². The van der Waals surface area contributed by atoms with Crippen molar-refractivity contribution in [3.05, 3.63) is 58.9 Å². The molecule has 2 aromatic rings. The van der Waals surface area contributed by atoms with Crippen molar-refractivity contribution in [2.45, 2.75) is 26.3 Å². The lowest BCUT2D eigenvalue weighted by atomic mass is 9.98. The van der Waals surface area contributed by atoms with E-state index in [1.807, 2.05) is 12.1 Å². The molecular weight excluding hydrogens is 371 g/mol. The highest BCUT2D eigenvalue weighted by Crippen LogP contribution is 2.32. The number of nitrogens with zero attached hydrogens (tertiary/aromatic N) is 2. The first-order valence-corrected chi connectivity index (χ1v) is 8.94. The highest BCUT2D eigenvalue weighted by Gasteiger charge is 2.33. The van der Waals surface area contributed by atoms with Crippen LogP contribution in [-0.4, -0.2) is 35.9 Å². The molecule has 8 heteroatoms. The average Bonchev–Trinajstić information content (AvgIpc) is 2.63. The predicted octanol–water partition coefficient (Wildman–Crippen LogP) is 3.17. The summed E-state index contributed by atoms with van der Waals surface area (Å²) in [6.45, 7) is 3.55. The summed E-state index contributed by atoms with van der Waals surface area (Å²) in [7, 11) is 1.64. The van der Waals surface area contributed by atoms with Crippen molar-refractivity contribution in [3.63, 3.8) is 0 Å². The summed E-state index contributed by atoms with van der Waals surface area (Å²) < 4.78 is 44.5.